The van der Waals surface area contributed by atoms with E-state index in [-0.39, 0.29) is 5.65 Å². The van der Waals surface area contributed by atoms with E-state index >= 15 is 0 Å². The van der Waals surface area contributed by atoms with Crippen LogP contribution in [0.4, 0.5) is 5.82 Å². The molecule has 1 atom stereocenters. The Bertz CT molecular complexity index is 698. The molecule has 0 radical (unpaired) electrons. The predicted molar refractivity (Wildman–Crippen MR) is 74.6 cm³/mol. The maximum atomic E-state index is 11.6. The van der Waals surface area contributed by atoms with Crippen LogP contribution >= 0.6 is 11.8 Å². The molecule has 3 heterocycles. The minimum Gasteiger partial charge on any atom is -0.422 e. The summed E-state index contributed by atoms with van der Waals surface area (Å²) in [5.74, 6) is 1.92. The summed E-state index contributed by atoms with van der Waals surface area (Å²) in [7, 11) is 0. The van der Waals surface area contributed by atoms with Gasteiger partial charge < -0.3 is 10.5 Å². The summed E-state index contributed by atoms with van der Waals surface area (Å²) in [6.45, 7) is 0.704. The van der Waals surface area contributed by atoms with E-state index in [2.05, 4.69) is 26.8 Å². The molecule has 0 saturated heterocycles. The van der Waals surface area contributed by atoms with Crippen molar-refractivity contribution in [1.82, 2.24) is 14.7 Å². The fourth-order valence-corrected chi connectivity index (χ4v) is 2.86. The summed E-state index contributed by atoms with van der Waals surface area (Å²) in [5, 5.41) is 15.5. The van der Waals surface area contributed by atoms with Crippen molar-refractivity contribution in [2.24, 2.45) is 5.92 Å². The Morgan fingerprint density at radius 2 is 2.47 bits per heavy atom. The largest absolute Gasteiger partial charge is 0.422 e. The van der Waals surface area contributed by atoms with Gasteiger partial charge in [-0.05, 0) is 17.5 Å². The number of nitrogens with zero attached hydrogens (tertiary/aromatic N) is 3. The minimum absolute atomic E-state index is 0.210. The summed E-state index contributed by atoms with van der Waals surface area (Å²) in [6.07, 6.45) is 3.65. The zero-order valence-electron chi connectivity index (χ0n) is 9.98. The maximum Gasteiger partial charge on any atom is 0.384 e. The van der Waals surface area contributed by atoms with Crippen LogP contribution in [0.1, 0.15) is 0 Å². The Hall–Kier alpha value is -2.02. The van der Waals surface area contributed by atoms with Gasteiger partial charge in [0.15, 0.2) is 5.65 Å². The molecule has 1 aliphatic heterocycles. The van der Waals surface area contributed by atoms with Gasteiger partial charge in [0.1, 0.15) is 5.82 Å². The van der Waals surface area contributed by atoms with E-state index in [1.165, 1.54) is 6.20 Å². The van der Waals surface area contributed by atoms with Crippen LogP contribution < -0.4 is 11.0 Å². The molecule has 19 heavy (non-hydrogen) atoms. The van der Waals surface area contributed by atoms with Crippen molar-refractivity contribution in [3.8, 4) is 0 Å². The minimum atomic E-state index is -0.731. The second-order valence-corrected chi connectivity index (χ2v) is 5.17. The SMILES string of the molecule is O=c1nc(NCC2C=CSC2)c2cccnc2n1O. The van der Waals surface area contributed by atoms with E-state index in [9.17, 15) is 10.0 Å². The zero-order chi connectivity index (χ0) is 13.2. The molecule has 0 saturated carbocycles. The van der Waals surface area contributed by atoms with E-state index in [0.29, 0.717) is 28.4 Å². The second-order valence-electron chi connectivity index (χ2n) is 4.23. The molecule has 2 N–H and O–H groups in total. The molecule has 0 aliphatic carbocycles. The van der Waals surface area contributed by atoms with Crippen molar-refractivity contribution in [2.75, 3.05) is 17.6 Å². The highest BCUT2D eigenvalue weighted by Gasteiger charge is 2.13. The third-order valence-electron chi connectivity index (χ3n) is 2.92. The van der Waals surface area contributed by atoms with E-state index < -0.39 is 5.69 Å². The molecular formula is C12H12N4O2S. The van der Waals surface area contributed by atoms with Gasteiger partial charge in [0.05, 0.1) is 5.39 Å². The number of aromatic nitrogens is 3. The zero-order valence-corrected chi connectivity index (χ0v) is 10.8. The highest BCUT2D eigenvalue weighted by Crippen LogP contribution is 2.22. The lowest BCUT2D eigenvalue weighted by Crippen LogP contribution is -2.24. The Labute approximate surface area is 113 Å². The Kier molecular flexibility index (Phi) is 3.12. The molecule has 2 aromatic heterocycles. The van der Waals surface area contributed by atoms with E-state index in [1.54, 1.807) is 23.9 Å². The van der Waals surface area contributed by atoms with Crippen molar-refractivity contribution >= 4 is 28.6 Å². The lowest BCUT2D eigenvalue weighted by molar-refractivity contribution is 0.182. The molecule has 3 rings (SSSR count). The van der Waals surface area contributed by atoms with Gasteiger partial charge in [-0.1, -0.05) is 6.08 Å². The molecule has 98 valence electrons. The number of hydrogen-bond acceptors (Lipinski definition) is 6. The van der Waals surface area contributed by atoms with Gasteiger partial charge in [0.25, 0.3) is 0 Å². The van der Waals surface area contributed by atoms with Gasteiger partial charge in [-0.15, -0.1) is 16.5 Å². The second kappa shape index (κ2) is 4.93. The molecule has 0 aromatic carbocycles. The van der Waals surface area contributed by atoms with E-state index in [4.69, 9.17) is 0 Å². The molecule has 2 aromatic rings. The van der Waals surface area contributed by atoms with Crippen molar-refractivity contribution in [1.29, 1.82) is 0 Å². The monoisotopic (exact) mass is 276 g/mol. The highest BCUT2D eigenvalue weighted by molar-refractivity contribution is 8.02. The first-order valence-electron chi connectivity index (χ1n) is 5.85. The van der Waals surface area contributed by atoms with Crippen LogP contribution in [0, 0.1) is 5.92 Å². The van der Waals surface area contributed by atoms with Gasteiger partial charge in [-0.25, -0.2) is 9.78 Å². The first-order valence-corrected chi connectivity index (χ1v) is 6.90. The number of pyridine rings is 1. The lowest BCUT2D eigenvalue weighted by atomic mass is 10.2. The van der Waals surface area contributed by atoms with Crippen molar-refractivity contribution in [2.45, 2.75) is 0 Å². The lowest BCUT2D eigenvalue weighted by Gasteiger charge is -2.11. The summed E-state index contributed by atoms with van der Waals surface area (Å²) in [6, 6.07) is 3.51. The van der Waals surface area contributed by atoms with E-state index in [0.717, 1.165) is 5.75 Å². The summed E-state index contributed by atoms with van der Waals surface area (Å²) in [4.78, 5) is 19.4. The molecule has 1 aliphatic rings. The molecule has 0 fully saturated rings. The molecule has 0 spiro atoms. The molecule has 7 heteroatoms. The summed E-state index contributed by atoms with van der Waals surface area (Å²) in [5.41, 5.74) is -0.522. The number of hydrogen-bond donors (Lipinski definition) is 2. The van der Waals surface area contributed by atoms with Gasteiger partial charge in [-0.3, -0.25) is 0 Å². The third-order valence-corrected chi connectivity index (χ3v) is 3.89. The van der Waals surface area contributed by atoms with Crippen LogP contribution in [0.15, 0.2) is 34.6 Å². The molecule has 0 amide bonds. The number of anilines is 1. The van der Waals surface area contributed by atoms with Crippen molar-refractivity contribution < 1.29 is 5.21 Å². The van der Waals surface area contributed by atoms with Crippen LogP contribution in [-0.4, -0.2) is 32.2 Å². The summed E-state index contributed by atoms with van der Waals surface area (Å²) >= 11 is 1.77. The summed E-state index contributed by atoms with van der Waals surface area (Å²) < 4.78 is 0.464. The van der Waals surface area contributed by atoms with Gasteiger partial charge in [0, 0.05) is 24.4 Å². The quantitative estimate of drug-likeness (QED) is 0.823. The molecule has 6 nitrogen and oxygen atoms in total. The average Bonchev–Trinajstić information content (AvgIpc) is 2.95. The predicted octanol–water partition coefficient (Wildman–Crippen LogP) is 1.32. The smallest absolute Gasteiger partial charge is 0.384 e. The molecule has 1 unspecified atom stereocenters. The van der Waals surface area contributed by atoms with E-state index in [1.807, 2.05) is 0 Å². The van der Waals surface area contributed by atoms with Crippen LogP contribution in [0.5, 0.6) is 0 Å². The number of thioether (sulfide) groups is 1. The van der Waals surface area contributed by atoms with Crippen molar-refractivity contribution in [3.05, 3.63) is 40.3 Å². The van der Waals surface area contributed by atoms with Gasteiger partial charge in [-0.2, -0.15) is 4.98 Å². The van der Waals surface area contributed by atoms with Crippen LogP contribution in [0.3, 0.4) is 0 Å². The van der Waals surface area contributed by atoms with Gasteiger partial charge >= 0.3 is 5.69 Å². The van der Waals surface area contributed by atoms with Gasteiger partial charge in [0.2, 0.25) is 0 Å². The third kappa shape index (κ3) is 2.28. The standard InChI is InChI=1S/C12H12N4O2S/c17-12-15-10(14-6-8-3-5-19-7-8)9-2-1-4-13-11(9)16(12)18/h1-5,8,18H,6-7H2,(H,14,15,17). The van der Waals surface area contributed by atoms with Crippen LogP contribution in [0.2, 0.25) is 0 Å². The van der Waals surface area contributed by atoms with Crippen LogP contribution in [-0.2, 0) is 0 Å². The number of fused-ring (bicyclic) bond motifs is 1. The number of nitrogens with one attached hydrogen (secondary N) is 1. The van der Waals surface area contributed by atoms with Crippen LogP contribution in [0.25, 0.3) is 11.0 Å². The number of rotatable bonds is 3. The Balaban J connectivity index is 1.96. The molecular weight excluding hydrogens is 264 g/mol. The Morgan fingerprint density at radius 1 is 1.58 bits per heavy atom. The first-order chi connectivity index (χ1) is 9.25. The fourth-order valence-electron chi connectivity index (χ4n) is 1.94. The van der Waals surface area contributed by atoms with Crippen molar-refractivity contribution in [3.63, 3.8) is 0 Å². The fraction of sp³-hybridized carbons (Fsp3) is 0.250. The topological polar surface area (TPSA) is 80.0 Å². The normalized spacial score (nSPS) is 18.0. The highest BCUT2D eigenvalue weighted by atomic mass is 32.2. The average molecular weight is 276 g/mol. The maximum absolute atomic E-state index is 11.6. The molecule has 0 bridgehead atoms. The Morgan fingerprint density at radius 3 is 3.26 bits per heavy atom. The first kappa shape index (κ1) is 12.0.